The summed E-state index contributed by atoms with van der Waals surface area (Å²) in [7, 11) is 0. The second-order valence-electron chi connectivity index (χ2n) is 7.10. The highest BCUT2D eigenvalue weighted by Gasteiger charge is 2.15. The van der Waals surface area contributed by atoms with Gasteiger partial charge in [0.05, 0.1) is 46.5 Å². The Morgan fingerprint density at radius 3 is 2.70 bits per heavy atom. The molecular formula is C22H16N8. The highest BCUT2D eigenvalue weighted by Crippen LogP contribution is 2.31. The Labute approximate surface area is 170 Å². The Morgan fingerprint density at radius 1 is 0.900 bits per heavy atom. The van der Waals surface area contributed by atoms with Crippen molar-refractivity contribution in [1.82, 2.24) is 39.7 Å². The molecule has 0 bridgehead atoms. The van der Waals surface area contributed by atoms with Gasteiger partial charge in [-0.05, 0) is 37.3 Å². The molecule has 0 amide bonds. The Morgan fingerprint density at radius 2 is 1.87 bits per heavy atom. The van der Waals surface area contributed by atoms with Crippen molar-refractivity contribution in [3.8, 4) is 28.5 Å². The number of aromatic amines is 2. The molecule has 0 atom stereocenters. The van der Waals surface area contributed by atoms with Gasteiger partial charge in [0.25, 0.3) is 0 Å². The van der Waals surface area contributed by atoms with Crippen molar-refractivity contribution in [3.05, 3.63) is 73.2 Å². The Bertz CT molecular complexity index is 1510. The van der Waals surface area contributed by atoms with Crippen LogP contribution in [0.5, 0.6) is 0 Å². The lowest BCUT2D eigenvalue weighted by Crippen LogP contribution is -1.91. The van der Waals surface area contributed by atoms with Gasteiger partial charge < -0.3 is 9.55 Å². The van der Waals surface area contributed by atoms with Crippen LogP contribution in [0.2, 0.25) is 0 Å². The van der Waals surface area contributed by atoms with Gasteiger partial charge >= 0.3 is 0 Å². The van der Waals surface area contributed by atoms with Crippen molar-refractivity contribution in [2.24, 2.45) is 0 Å². The summed E-state index contributed by atoms with van der Waals surface area (Å²) in [5.74, 6) is 0. The van der Waals surface area contributed by atoms with Crippen molar-refractivity contribution >= 4 is 21.9 Å². The molecule has 0 aliphatic rings. The van der Waals surface area contributed by atoms with Crippen LogP contribution < -0.4 is 0 Å². The van der Waals surface area contributed by atoms with Gasteiger partial charge in [0, 0.05) is 29.4 Å². The molecule has 0 aliphatic heterocycles. The van der Waals surface area contributed by atoms with Gasteiger partial charge in [0.1, 0.15) is 11.3 Å². The quantitative estimate of drug-likeness (QED) is 0.473. The summed E-state index contributed by atoms with van der Waals surface area (Å²) in [5, 5.41) is 9.58. The number of aryl methyl sites for hydroxylation is 1. The Balaban J connectivity index is 1.52. The number of hydrogen-bond donors (Lipinski definition) is 2. The van der Waals surface area contributed by atoms with Crippen LogP contribution in [-0.4, -0.2) is 39.7 Å². The molecule has 0 saturated heterocycles. The molecule has 0 fully saturated rings. The molecule has 6 aromatic rings. The molecule has 0 saturated carbocycles. The van der Waals surface area contributed by atoms with E-state index in [9.17, 15) is 0 Å². The van der Waals surface area contributed by atoms with Gasteiger partial charge in [-0.2, -0.15) is 5.10 Å². The van der Waals surface area contributed by atoms with Gasteiger partial charge in [-0.1, -0.05) is 6.07 Å². The summed E-state index contributed by atoms with van der Waals surface area (Å²) >= 11 is 0. The average Bonchev–Trinajstić information content (AvgIpc) is 3.51. The molecule has 0 aromatic carbocycles. The maximum Gasteiger partial charge on any atom is 0.139 e. The second-order valence-corrected chi connectivity index (χ2v) is 7.10. The molecule has 0 spiro atoms. The SMILES string of the molecule is Cc1cn(-c2ccnc3[nH]c(-c4n[nH]c5cnc(-c6ccccn6)cc45)cc23)cn1. The number of nitrogens with one attached hydrogen (secondary N) is 2. The Hall–Kier alpha value is -4.33. The molecule has 2 N–H and O–H groups in total. The van der Waals surface area contributed by atoms with E-state index in [0.717, 1.165) is 56.1 Å². The van der Waals surface area contributed by atoms with Crippen molar-refractivity contribution < 1.29 is 0 Å². The smallest absolute Gasteiger partial charge is 0.139 e. The number of aromatic nitrogens is 8. The molecule has 144 valence electrons. The van der Waals surface area contributed by atoms with E-state index in [4.69, 9.17) is 0 Å². The van der Waals surface area contributed by atoms with E-state index in [1.165, 1.54) is 0 Å². The van der Waals surface area contributed by atoms with Crippen molar-refractivity contribution in [2.45, 2.75) is 6.92 Å². The highest BCUT2D eigenvalue weighted by atomic mass is 15.1. The molecule has 6 rings (SSSR count). The lowest BCUT2D eigenvalue weighted by atomic mass is 10.1. The van der Waals surface area contributed by atoms with E-state index in [1.54, 1.807) is 18.6 Å². The lowest BCUT2D eigenvalue weighted by Gasteiger charge is -2.02. The molecule has 6 aromatic heterocycles. The van der Waals surface area contributed by atoms with E-state index >= 15 is 0 Å². The van der Waals surface area contributed by atoms with E-state index in [2.05, 4.69) is 41.2 Å². The number of fused-ring (bicyclic) bond motifs is 2. The first kappa shape index (κ1) is 16.6. The first-order valence-corrected chi connectivity index (χ1v) is 9.51. The summed E-state index contributed by atoms with van der Waals surface area (Å²) in [6.45, 7) is 1.97. The number of H-pyrrole nitrogens is 2. The predicted octanol–water partition coefficient (Wildman–Crippen LogP) is 4.06. The summed E-state index contributed by atoms with van der Waals surface area (Å²) in [6, 6.07) is 11.8. The average molecular weight is 392 g/mol. The molecule has 0 radical (unpaired) electrons. The fourth-order valence-electron chi connectivity index (χ4n) is 3.70. The number of rotatable bonds is 3. The van der Waals surface area contributed by atoms with E-state index in [1.807, 2.05) is 54.3 Å². The fourth-order valence-corrected chi connectivity index (χ4v) is 3.70. The zero-order valence-corrected chi connectivity index (χ0v) is 16.0. The minimum atomic E-state index is 0.795. The predicted molar refractivity (Wildman–Crippen MR) is 114 cm³/mol. The minimum Gasteiger partial charge on any atom is -0.338 e. The molecule has 0 unspecified atom stereocenters. The third-order valence-corrected chi connectivity index (χ3v) is 5.13. The lowest BCUT2D eigenvalue weighted by molar-refractivity contribution is 1.06. The highest BCUT2D eigenvalue weighted by molar-refractivity contribution is 5.97. The standard InChI is InChI=1S/C22H16N8/c1-13-11-30(12-26-13)20-5-7-24-22-15(20)9-18(27-22)21-14-8-17(16-4-2-3-6-23-16)25-10-19(14)28-29-21/h2-12H,1H3,(H,24,27)(H,28,29). The maximum absolute atomic E-state index is 4.54. The van der Waals surface area contributed by atoms with Gasteiger partial charge in [0.15, 0.2) is 0 Å². The van der Waals surface area contributed by atoms with Crippen LogP contribution >= 0.6 is 0 Å². The Kier molecular flexibility index (Phi) is 3.51. The van der Waals surface area contributed by atoms with Crippen molar-refractivity contribution in [1.29, 1.82) is 0 Å². The third-order valence-electron chi connectivity index (χ3n) is 5.13. The van der Waals surface area contributed by atoms with E-state index in [-0.39, 0.29) is 0 Å². The molecule has 30 heavy (non-hydrogen) atoms. The zero-order chi connectivity index (χ0) is 20.1. The number of imidazole rings is 1. The summed E-state index contributed by atoms with van der Waals surface area (Å²) in [6.07, 6.45) is 9.15. The molecule has 6 heterocycles. The minimum absolute atomic E-state index is 0.795. The van der Waals surface area contributed by atoms with E-state index in [0.29, 0.717) is 0 Å². The second kappa shape index (κ2) is 6.35. The van der Waals surface area contributed by atoms with Gasteiger partial charge in [-0.25, -0.2) is 9.97 Å². The van der Waals surface area contributed by atoms with E-state index < -0.39 is 0 Å². The molecular weight excluding hydrogens is 376 g/mol. The van der Waals surface area contributed by atoms with Crippen LogP contribution in [0.1, 0.15) is 5.69 Å². The molecule has 8 nitrogen and oxygen atoms in total. The zero-order valence-electron chi connectivity index (χ0n) is 16.0. The van der Waals surface area contributed by atoms with Crippen LogP contribution in [0, 0.1) is 6.92 Å². The van der Waals surface area contributed by atoms with Crippen LogP contribution in [0.3, 0.4) is 0 Å². The van der Waals surface area contributed by atoms with Crippen LogP contribution in [0.4, 0.5) is 0 Å². The van der Waals surface area contributed by atoms with Gasteiger partial charge in [0.2, 0.25) is 0 Å². The largest absolute Gasteiger partial charge is 0.338 e. The summed E-state index contributed by atoms with van der Waals surface area (Å²) in [4.78, 5) is 21.2. The normalized spacial score (nSPS) is 11.5. The third kappa shape index (κ3) is 2.58. The van der Waals surface area contributed by atoms with Crippen LogP contribution in [-0.2, 0) is 0 Å². The van der Waals surface area contributed by atoms with Crippen molar-refractivity contribution in [3.63, 3.8) is 0 Å². The topological polar surface area (TPSA) is 101 Å². The first-order valence-electron chi connectivity index (χ1n) is 9.51. The summed E-state index contributed by atoms with van der Waals surface area (Å²) < 4.78 is 2.00. The molecule has 0 aliphatic carbocycles. The van der Waals surface area contributed by atoms with Crippen molar-refractivity contribution in [2.75, 3.05) is 0 Å². The van der Waals surface area contributed by atoms with Crippen LogP contribution in [0.15, 0.2) is 67.5 Å². The number of pyridine rings is 3. The fraction of sp³-hybridized carbons (Fsp3) is 0.0455. The summed E-state index contributed by atoms with van der Waals surface area (Å²) in [5.41, 5.74) is 6.95. The van der Waals surface area contributed by atoms with Gasteiger partial charge in [-0.15, -0.1) is 0 Å². The number of nitrogens with zero attached hydrogens (tertiary/aromatic N) is 6. The number of hydrogen-bond acceptors (Lipinski definition) is 5. The maximum atomic E-state index is 4.54. The van der Waals surface area contributed by atoms with Crippen LogP contribution in [0.25, 0.3) is 50.4 Å². The first-order chi connectivity index (χ1) is 14.8. The van der Waals surface area contributed by atoms with Gasteiger partial charge in [-0.3, -0.25) is 15.1 Å². The molecule has 8 heteroatoms. The monoisotopic (exact) mass is 392 g/mol.